The SMILES string of the molecule is CNc1cc(Nc2ccccc2COC)nc(C(C)C)n1. The summed E-state index contributed by atoms with van der Waals surface area (Å²) in [5.74, 6) is 2.67. The maximum atomic E-state index is 5.23. The molecule has 5 nitrogen and oxygen atoms in total. The van der Waals surface area contributed by atoms with Crippen molar-refractivity contribution in [3.8, 4) is 0 Å². The minimum absolute atomic E-state index is 0.271. The summed E-state index contributed by atoms with van der Waals surface area (Å²) in [4.78, 5) is 9.04. The molecular weight excluding hydrogens is 264 g/mol. The van der Waals surface area contributed by atoms with Crippen LogP contribution in [0.1, 0.15) is 31.2 Å². The highest BCUT2D eigenvalue weighted by molar-refractivity contribution is 5.62. The summed E-state index contributed by atoms with van der Waals surface area (Å²) in [5.41, 5.74) is 2.09. The number of nitrogens with one attached hydrogen (secondary N) is 2. The van der Waals surface area contributed by atoms with Crippen LogP contribution >= 0.6 is 0 Å². The van der Waals surface area contributed by atoms with Crippen molar-refractivity contribution in [3.05, 3.63) is 41.7 Å². The van der Waals surface area contributed by atoms with Crippen LogP contribution in [-0.4, -0.2) is 24.1 Å². The number of methoxy groups -OCH3 is 1. The minimum Gasteiger partial charge on any atom is -0.380 e. The topological polar surface area (TPSA) is 59.1 Å². The molecule has 21 heavy (non-hydrogen) atoms. The zero-order chi connectivity index (χ0) is 15.2. The van der Waals surface area contributed by atoms with Gasteiger partial charge in [-0.15, -0.1) is 0 Å². The second kappa shape index (κ2) is 7.04. The fourth-order valence-electron chi connectivity index (χ4n) is 1.98. The Morgan fingerprint density at radius 3 is 2.52 bits per heavy atom. The molecule has 0 amide bonds. The Morgan fingerprint density at radius 1 is 1.14 bits per heavy atom. The maximum Gasteiger partial charge on any atom is 0.136 e. The summed E-state index contributed by atoms with van der Waals surface area (Å²) >= 11 is 0. The van der Waals surface area contributed by atoms with Gasteiger partial charge in [0, 0.05) is 37.4 Å². The molecular formula is C16H22N4O. The normalized spacial score (nSPS) is 10.7. The predicted molar refractivity (Wildman–Crippen MR) is 86.1 cm³/mol. The summed E-state index contributed by atoms with van der Waals surface area (Å²) in [6.45, 7) is 4.72. The van der Waals surface area contributed by atoms with Crippen molar-refractivity contribution >= 4 is 17.3 Å². The lowest BCUT2D eigenvalue weighted by molar-refractivity contribution is 0.185. The fourth-order valence-corrected chi connectivity index (χ4v) is 1.98. The Balaban J connectivity index is 2.32. The first-order valence-corrected chi connectivity index (χ1v) is 7.04. The molecule has 0 unspecified atom stereocenters. The average Bonchev–Trinajstić information content (AvgIpc) is 2.49. The van der Waals surface area contributed by atoms with Crippen LogP contribution in [0.25, 0.3) is 0 Å². The summed E-state index contributed by atoms with van der Waals surface area (Å²) < 4.78 is 5.23. The van der Waals surface area contributed by atoms with Crippen molar-refractivity contribution in [1.29, 1.82) is 0 Å². The van der Waals surface area contributed by atoms with Crippen molar-refractivity contribution in [2.75, 3.05) is 24.8 Å². The molecule has 0 fully saturated rings. The van der Waals surface area contributed by atoms with Crippen LogP contribution in [0.4, 0.5) is 17.3 Å². The molecule has 1 aromatic carbocycles. The van der Waals surface area contributed by atoms with Crippen LogP contribution in [-0.2, 0) is 11.3 Å². The van der Waals surface area contributed by atoms with Gasteiger partial charge >= 0.3 is 0 Å². The second-order valence-electron chi connectivity index (χ2n) is 5.12. The van der Waals surface area contributed by atoms with Gasteiger partial charge in [-0.2, -0.15) is 0 Å². The van der Waals surface area contributed by atoms with E-state index in [4.69, 9.17) is 4.74 Å². The van der Waals surface area contributed by atoms with Gasteiger partial charge in [-0.05, 0) is 6.07 Å². The molecule has 0 aliphatic carbocycles. The van der Waals surface area contributed by atoms with Gasteiger partial charge in [-0.1, -0.05) is 32.0 Å². The van der Waals surface area contributed by atoms with E-state index < -0.39 is 0 Å². The molecule has 0 aliphatic rings. The lowest BCUT2D eigenvalue weighted by Gasteiger charge is -2.14. The number of benzene rings is 1. The van der Waals surface area contributed by atoms with Gasteiger partial charge in [0.1, 0.15) is 17.5 Å². The third kappa shape index (κ3) is 3.92. The van der Waals surface area contributed by atoms with E-state index in [1.165, 1.54) is 0 Å². The molecule has 112 valence electrons. The second-order valence-corrected chi connectivity index (χ2v) is 5.12. The number of rotatable bonds is 6. The molecule has 1 heterocycles. The van der Waals surface area contributed by atoms with E-state index in [1.54, 1.807) is 7.11 Å². The lowest BCUT2D eigenvalue weighted by atomic mass is 10.2. The highest BCUT2D eigenvalue weighted by Crippen LogP contribution is 2.23. The number of aromatic nitrogens is 2. The summed E-state index contributed by atoms with van der Waals surface area (Å²) in [5, 5.41) is 6.43. The van der Waals surface area contributed by atoms with Gasteiger partial charge in [0.05, 0.1) is 6.61 Å². The van der Waals surface area contributed by atoms with E-state index in [-0.39, 0.29) is 5.92 Å². The Labute approximate surface area is 125 Å². The molecule has 2 N–H and O–H groups in total. The van der Waals surface area contributed by atoms with Gasteiger partial charge in [0.25, 0.3) is 0 Å². The molecule has 2 rings (SSSR count). The molecule has 0 radical (unpaired) electrons. The van der Waals surface area contributed by atoms with Gasteiger partial charge in [0.15, 0.2) is 0 Å². The number of hydrogen-bond acceptors (Lipinski definition) is 5. The molecule has 5 heteroatoms. The van der Waals surface area contributed by atoms with Gasteiger partial charge in [-0.25, -0.2) is 9.97 Å². The van der Waals surface area contributed by atoms with Crippen molar-refractivity contribution in [1.82, 2.24) is 9.97 Å². The van der Waals surface area contributed by atoms with E-state index in [9.17, 15) is 0 Å². The largest absolute Gasteiger partial charge is 0.380 e. The molecule has 0 spiro atoms. The van der Waals surface area contributed by atoms with Crippen LogP contribution in [0, 0.1) is 0 Å². The highest BCUT2D eigenvalue weighted by atomic mass is 16.5. The molecule has 1 aromatic heterocycles. The molecule has 0 atom stereocenters. The Morgan fingerprint density at radius 2 is 1.86 bits per heavy atom. The minimum atomic E-state index is 0.271. The quantitative estimate of drug-likeness (QED) is 0.850. The van der Waals surface area contributed by atoms with E-state index >= 15 is 0 Å². The number of anilines is 3. The first-order valence-electron chi connectivity index (χ1n) is 7.04. The first kappa shape index (κ1) is 15.3. The van der Waals surface area contributed by atoms with Crippen LogP contribution in [0.5, 0.6) is 0 Å². The first-order chi connectivity index (χ1) is 10.1. The van der Waals surface area contributed by atoms with E-state index in [2.05, 4.69) is 34.4 Å². The number of hydrogen-bond donors (Lipinski definition) is 2. The third-order valence-electron chi connectivity index (χ3n) is 3.10. The molecule has 0 saturated heterocycles. The molecule has 0 saturated carbocycles. The molecule has 2 aromatic rings. The fraction of sp³-hybridized carbons (Fsp3) is 0.375. The van der Waals surface area contributed by atoms with Gasteiger partial charge in [-0.3, -0.25) is 0 Å². The molecule has 0 aliphatic heterocycles. The van der Waals surface area contributed by atoms with Crippen molar-refractivity contribution in [2.24, 2.45) is 0 Å². The van der Waals surface area contributed by atoms with Crippen LogP contribution in [0.15, 0.2) is 30.3 Å². The number of ether oxygens (including phenoxy) is 1. The lowest BCUT2D eigenvalue weighted by Crippen LogP contribution is -2.06. The monoisotopic (exact) mass is 286 g/mol. The maximum absolute atomic E-state index is 5.23. The smallest absolute Gasteiger partial charge is 0.136 e. The van der Waals surface area contributed by atoms with Crippen molar-refractivity contribution in [3.63, 3.8) is 0 Å². The highest BCUT2D eigenvalue weighted by Gasteiger charge is 2.09. The zero-order valence-electron chi connectivity index (χ0n) is 13.0. The zero-order valence-corrected chi connectivity index (χ0v) is 13.0. The van der Waals surface area contributed by atoms with E-state index in [0.717, 1.165) is 28.7 Å². The van der Waals surface area contributed by atoms with Crippen molar-refractivity contribution in [2.45, 2.75) is 26.4 Å². The Bertz CT molecular complexity index is 599. The number of nitrogens with zero attached hydrogens (tertiary/aromatic N) is 2. The van der Waals surface area contributed by atoms with Crippen LogP contribution in [0.2, 0.25) is 0 Å². The molecule has 0 bridgehead atoms. The van der Waals surface area contributed by atoms with Gasteiger partial charge < -0.3 is 15.4 Å². The van der Waals surface area contributed by atoms with Crippen LogP contribution in [0.3, 0.4) is 0 Å². The number of para-hydroxylation sites is 1. The summed E-state index contributed by atoms with van der Waals surface area (Å²) in [6.07, 6.45) is 0. The predicted octanol–water partition coefficient (Wildman–Crippen LogP) is 3.53. The standard InChI is InChI=1S/C16H22N4O/c1-11(2)16-19-14(17-3)9-15(20-16)18-13-8-6-5-7-12(13)10-21-4/h5-9,11H,10H2,1-4H3,(H2,17,18,19,20). The van der Waals surface area contributed by atoms with E-state index in [0.29, 0.717) is 6.61 Å². The van der Waals surface area contributed by atoms with E-state index in [1.807, 2.05) is 37.4 Å². The third-order valence-corrected chi connectivity index (χ3v) is 3.10. The van der Waals surface area contributed by atoms with Crippen molar-refractivity contribution < 1.29 is 4.74 Å². The Hall–Kier alpha value is -2.14. The summed E-state index contributed by atoms with van der Waals surface area (Å²) in [6, 6.07) is 9.94. The summed E-state index contributed by atoms with van der Waals surface area (Å²) in [7, 11) is 3.55. The Kier molecular flexibility index (Phi) is 5.11. The van der Waals surface area contributed by atoms with Gasteiger partial charge in [0.2, 0.25) is 0 Å². The average molecular weight is 286 g/mol. The van der Waals surface area contributed by atoms with Crippen LogP contribution < -0.4 is 10.6 Å².